The molecule has 1 heterocycles. The zero-order valence-electron chi connectivity index (χ0n) is 10.5. The highest BCUT2D eigenvalue weighted by Crippen LogP contribution is 2.29. The van der Waals surface area contributed by atoms with Gasteiger partial charge in [0.15, 0.2) is 0 Å². The van der Waals surface area contributed by atoms with E-state index < -0.39 is 0 Å². The average molecular weight is 287 g/mol. The predicted molar refractivity (Wildman–Crippen MR) is 77.1 cm³/mol. The molecule has 0 bridgehead atoms. The Hall–Kier alpha value is -2.58. The minimum atomic E-state index is 0.284. The van der Waals surface area contributed by atoms with Gasteiger partial charge in [-0.25, -0.2) is 4.99 Å². The third kappa shape index (κ3) is 3.05. The summed E-state index contributed by atoms with van der Waals surface area (Å²) in [5, 5.41) is 11.7. The van der Waals surface area contributed by atoms with Crippen molar-refractivity contribution in [3.8, 4) is 6.07 Å². The summed E-state index contributed by atoms with van der Waals surface area (Å²) in [6.07, 6.45) is 3.39. The van der Waals surface area contributed by atoms with E-state index in [1.807, 2.05) is 36.4 Å². The zero-order chi connectivity index (χ0) is 14.4. The highest BCUT2D eigenvalue weighted by atomic mass is 35.5. The molecule has 0 spiro atoms. The molecule has 6 heteroatoms. The van der Waals surface area contributed by atoms with E-state index in [-0.39, 0.29) is 5.56 Å². The largest absolute Gasteiger partial charge is 0.331 e. The Morgan fingerprint density at radius 3 is 2.80 bits per heavy atom. The first-order valence-corrected chi connectivity index (χ1v) is 6.19. The van der Waals surface area contributed by atoms with Gasteiger partial charge in [0.25, 0.3) is 0 Å². The van der Waals surface area contributed by atoms with E-state index in [1.54, 1.807) is 10.8 Å². The molecule has 0 aliphatic rings. The van der Waals surface area contributed by atoms with Crippen molar-refractivity contribution < 1.29 is 4.79 Å². The van der Waals surface area contributed by atoms with Crippen LogP contribution in [0.2, 0.25) is 5.15 Å². The average Bonchev–Trinajstić information content (AvgIpc) is 2.76. The Morgan fingerprint density at radius 1 is 1.40 bits per heavy atom. The number of benzene rings is 1. The molecule has 0 fully saturated rings. The van der Waals surface area contributed by atoms with Crippen molar-refractivity contribution in [2.45, 2.75) is 6.54 Å². The molecule has 0 aliphatic heterocycles. The summed E-state index contributed by atoms with van der Waals surface area (Å²) in [5.74, 6) is 0. The van der Waals surface area contributed by atoms with Gasteiger partial charge in [-0.1, -0.05) is 41.9 Å². The molecule has 1 amide bonds. The van der Waals surface area contributed by atoms with Crippen LogP contribution in [-0.4, -0.2) is 17.3 Å². The van der Waals surface area contributed by atoms with E-state index in [0.29, 0.717) is 23.8 Å². The maximum absolute atomic E-state index is 10.2. The fourth-order valence-electron chi connectivity index (χ4n) is 1.75. The van der Waals surface area contributed by atoms with Crippen molar-refractivity contribution in [2.75, 3.05) is 0 Å². The first-order valence-electron chi connectivity index (χ1n) is 5.81. The maximum Gasteiger partial charge on any atom is 0.212 e. The van der Waals surface area contributed by atoms with Gasteiger partial charge < -0.3 is 9.88 Å². The van der Waals surface area contributed by atoms with Crippen molar-refractivity contribution in [1.82, 2.24) is 9.88 Å². The monoisotopic (exact) mass is 286 g/mol. The van der Waals surface area contributed by atoms with E-state index >= 15 is 0 Å². The first kappa shape index (κ1) is 13.8. The number of aliphatic imine (C=N–C) groups is 1. The van der Waals surface area contributed by atoms with E-state index in [4.69, 9.17) is 16.9 Å². The molecular weight excluding hydrogens is 276 g/mol. The van der Waals surface area contributed by atoms with Crippen LogP contribution >= 0.6 is 11.6 Å². The Balaban J connectivity index is 2.31. The van der Waals surface area contributed by atoms with E-state index in [9.17, 15) is 4.79 Å². The molecule has 0 aliphatic carbocycles. The molecular formula is C14H11ClN4O. The number of carbonyl (C=O) groups is 1. The van der Waals surface area contributed by atoms with Crippen LogP contribution in [0.5, 0.6) is 0 Å². The second-order valence-electron chi connectivity index (χ2n) is 3.95. The van der Waals surface area contributed by atoms with Gasteiger partial charge in [-0.3, -0.25) is 4.79 Å². The number of nitrogens with one attached hydrogen (secondary N) is 1. The van der Waals surface area contributed by atoms with Crippen molar-refractivity contribution in [3.63, 3.8) is 0 Å². The third-order valence-electron chi connectivity index (χ3n) is 2.65. The fraction of sp³-hybridized carbons (Fsp3) is 0.0714. The molecule has 100 valence electrons. The van der Waals surface area contributed by atoms with E-state index in [1.165, 1.54) is 6.34 Å². The molecule has 20 heavy (non-hydrogen) atoms. The van der Waals surface area contributed by atoms with Crippen molar-refractivity contribution in [1.29, 1.82) is 5.26 Å². The number of halogens is 1. The normalized spacial score (nSPS) is 10.4. The summed E-state index contributed by atoms with van der Waals surface area (Å²) < 4.78 is 1.74. The number of nitriles is 1. The van der Waals surface area contributed by atoms with E-state index in [2.05, 4.69) is 10.3 Å². The lowest BCUT2D eigenvalue weighted by molar-refractivity contribution is -0.108. The lowest BCUT2D eigenvalue weighted by Gasteiger charge is -2.04. The van der Waals surface area contributed by atoms with Gasteiger partial charge in [-0.05, 0) is 5.56 Å². The minimum Gasteiger partial charge on any atom is -0.331 e. The summed E-state index contributed by atoms with van der Waals surface area (Å²) in [6.45, 7) is 0.547. The number of aromatic nitrogens is 1. The standard InChI is InChI=1S/C14H11ClN4O/c15-14-12(6-16)13(18-9-17-10-20)8-19(14)7-11-4-2-1-3-5-11/h1-5,8-10H,7H2,(H,17,18,20). The fourth-order valence-corrected chi connectivity index (χ4v) is 2.00. The highest BCUT2D eigenvalue weighted by Gasteiger charge is 2.13. The molecule has 5 nitrogen and oxygen atoms in total. The van der Waals surface area contributed by atoms with Crippen molar-refractivity contribution in [2.24, 2.45) is 4.99 Å². The van der Waals surface area contributed by atoms with Crippen molar-refractivity contribution in [3.05, 3.63) is 52.8 Å². The van der Waals surface area contributed by atoms with Crippen LogP contribution in [0.25, 0.3) is 0 Å². The van der Waals surface area contributed by atoms with Crippen LogP contribution < -0.4 is 5.32 Å². The highest BCUT2D eigenvalue weighted by molar-refractivity contribution is 6.31. The number of hydrogen-bond donors (Lipinski definition) is 1. The SMILES string of the molecule is N#Cc1c(/N=C\NC=O)cn(Cc2ccccc2)c1Cl. The van der Waals surface area contributed by atoms with Crippen LogP contribution in [0.3, 0.4) is 0 Å². The molecule has 1 aromatic carbocycles. The van der Waals surface area contributed by atoms with Crippen LogP contribution in [0.4, 0.5) is 5.69 Å². The number of nitrogens with zero attached hydrogens (tertiary/aromatic N) is 3. The predicted octanol–water partition coefficient (Wildman–Crippen LogP) is 2.47. The third-order valence-corrected chi connectivity index (χ3v) is 3.05. The molecule has 1 aromatic heterocycles. The quantitative estimate of drug-likeness (QED) is 0.521. The van der Waals surface area contributed by atoms with Gasteiger partial charge in [0, 0.05) is 12.7 Å². The smallest absolute Gasteiger partial charge is 0.212 e. The zero-order valence-corrected chi connectivity index (χ0v) is 11.2. The Bertz CT molecular complexity index is 670. The van der Waals surface area contributed by atoms with Crippen LogP contribution in [-0.2, 0) is 11.3 Å². The second kappa shape index (κ2) is 6.55. The summed E-state index contributed by atoms with van der Waals surface area (Å²) >= 11 is 6.17. The van der Waals surface area contributed by atoms with Crippen LogP contribution in [0.15, 0.2) is 41.5 Å². The first-order chi connectivity index (χ1) is 9.76. The molecule has 2 rings (SSSR count). The molecule has 0 radical (unpaired) electrons. The van der Waals surface area contributed by atoms with Gasteiger partial charge in [0.1, 0.15) is 22.5 Å². The minimum absolute atomic E-state index is 0.284. The van der Waals surface area contributed by atoms with E-state index in [0.717, 1.165) is 5.56 Å². The Morgan fingerprint density at radius 2 is 2.15 bits per heavy atom. The van der Waals surface area contributed by atoms with Gasteiger partial charge in [-0.2, -0.15) is 5.26 Å². The number of carbonyl (C=O) groups excluding carboxylic acids is 1. The molecule has 0 unspecified atom stereocenters. The van der Waals surface area contributed by atoms with Crippen LogP contribution in [0.1, 0.15) is 11.1 Å². The topological polar surface area (TPSA) is 70.2 Å². The number of amides is 1. The molecule has 0 saturated carbocycles. The molecule has 2 aromatic rings. The van der Waals surface area contributed by atoms with Gasteiger partial charge in [-0.15, -0.1) is 0 Å². The lowest BCUT2D eigenvalue weighted by Crippen LogP contribution is -2.05. The van der Waals surface area contributed by atoms with Gasteiger partial charge in [0.05, 0.1) is 6.34 Å². The van der Waals surface area contributed by atoms with Crippen LogP contribution in [0, 0.1) is 11.3 Å². The maximum atomic E-state index is 10.2. The summed E-state index contributed by atoms with van der Waals surface area (Å²) in [5.41, 5.74) is 1.77. The van der Waals surface area contributed by atoms with Gasteiger partial charge in [0.2, 0.25) is 6.41 Å². The summed E-state index contributed by atoms with van der Waals surface area (Å²) in [4.78, 5) is 14.2. The molecule has 0 atom stereocenters. The Kier molecular flexibility index (Phi) is 4.53. The Labute approximate surface area is 121 Å². The lowest BCUT2D eigenvalue weighted by atomic mass is 10.2. The summed E-state index contributed by atoms with van der Waals surface area (Å²) in [7, 11) is 0. The number of rotatable bonds is 5. The summed E-state index contributed by atoms with van der Waals surface area (Å²) in [6, 6.07) is 11.8. The van der Waals surface area contributed by atoms with Crippen molar-refractivity contribution >= 4 is 30.0 Å². The second-order valence-corrected chi connectivity index (χ2v) is 4.31. The number of hydrogen-bond acceptors (Lipinski definition) is 3. The van der Waals surface area contributed by atoms with Gasteiger partial charge >= 0.3 is 0 Å². The molecule has 1 N–H and O–H groups in total. The molecule has 0 saturated heterocycles.